The number of hydrogen-bond acceptors (Lipinski definition) is 5. The first-order chi connectivity index (χ1) is 12.0. The molecule has 132 valence electrons. The summed E-state index contributed by atoms with van der Waals surface area (Å²) in [5.74, 6) is -1.21. The number of benzene rings is 1. The minimum Gasteiger partial charge on any atom is -0.481 e. The first-order valence-electron chi connectivity index (χ1n) is 7.66. The van der Waals surface area contributed by atoms with Gasteiger partial charge in [-0.3, -0.25) is 24.4 Å². The Hall–Kier alpha value is -3.23. The number of carboxylic acids is 1. The second kappa shape index (κ2) is 8.57. The topological polar surface area (TPSA) is 119 Å². The number of nitro groups is 1. The molecule has 2 aromatic rings. The summed E-state index contributed by atoms with van der Waals surface area (Å²) in [5, 5.41) is 23.3. The summed E-state index contributed by atoms with van der Waals surface area (Å²) in [6.45, 7) is 0.472. The lowest BCUT2D eigenvalue weighted by Crippen LogP contribution is -2.34. The smallest absolute Gasteiger partial charge is 0.307 e. The van der Waals surface area contributed by atoms with Crippen LogP contribution in [0.3, 0.4) is 0 Å². The molecule has 0 aliphatic carbocycles. The van der Waals surface area contributed by atoms with Crippen molar-refractivity contribution in [2.24, 2.45) is 0 Å². The van der Waals surface area contributed by atoms with Gasteiger partial charge in [0.15, 0.2) is 0 Å². The average Bonchev–Trinajstić information content (AvgIpc) is 3.03. The third-order valence-corrected chi connectivity index (χ3v) is 3.52. The first kappa shape index (κ1) is 18.1. The van der Waals surface area contributed by atoms with E-state index in [1.807, 2.05) is 30.3 Å². The molecule has 1 amide bonds. The number of carbonyl (C=O) groups excluding carboxylic acids is 1. The molecule has 0 atom stereocenters. The molecular formula is C16H18N4O5. The zero-order chi connectivity index (χ0) is 18.2. The Morgan fingerprint density at radius 2 is 2.00 bits per heavy atom. The van der Waals surface area contributed by atoms with E-state index in [1.54, 1.807) is 0 Å². The van der Waals surface area contributed by atoms with Crippen LogP contribution in [-0.2, 0) is 22.7 Å². The summed E-state index contributed by atoms with van der Waals surface area (Å²) in [6.07, 6.45) is 2.56. The monoisotopic (exact) mass is 346 g/mol. The molecule has 2 rings (SSSR count). The first-order valence-corrected chi connectivity index (χ1v) is 7.66. The van der Waals surface area contributed by atoms with Crippen LogP contribution in [0.1, 0.15) is 18.4 Å². The molecular weight excluding hydrogens is 328 g/mol. The van der Waals surface area contributed by atoms with E-state index in [-0.39, 0.29) is 31.1 Å². The Kier molecular flexibility index (Phi) is 6.21. The van der Waals surface area contributed by atoms with Crippen LogP contribution in [0.25, 0.3) is 0 Å². The third kappa shape index (κ3) is 5.72. The van der Waals surface area contributed by atoms with Crippen LogP contribution >= 0.6 is 0 Å². The van der Waals surface area contributed by atoms with Gasteiger partial charge in [0.2, 0.25) is 5.91 Å². The highest BCUT2D eigenvalue weighted by Crippen LogP contribution is 2.10. The zero-order valence-corrected chi connectivity index (χ0v) is 13.4. The summed E-state index contributed by atoms with van der Waals surface area (Å²) < 4.78 is 1.20. The van der Waals surface area contributed by atoms with Crippen LogP contribution in [0.2, 0.25) is 0 Å². The van der Waals surface area contributed by atoms with Gasteiger partial charge >= 0.3 is 11.7 Å². The average molecular weight is 346 g/mol. The summed E-state index contributed by atoms with van der Waals surface area (Å²) in [6, 6.07) is 9.31. The highest BCUT2D eigenvalue weighted by molar-refractivity contribution is 5.76. The maximum absolute atomic E-state index is 12.5. The van der Waals surface area contributed by atoms with E-state index in [4.69, 9.17) is 5.11 Å². The third-order valence-electron chi connectivity index (χ3n) is 3.52. The second-order valence-electron chi connectivity index (χ2n) is 5.45. The van der Waals surface area contributed by atoms with Crippen molar-refractivity contribution in [3.63, 3.8) is 0 Å². The second-order valence-corrected chi connectivity index (χ2v) is 5.45. The Morgan fingerprint density at radius 1 is 1.28 bits per heavy atom. The van der Waals surface area contributed by atoms with E-state index >= 15 is 0 Å². The quantitative estimate of drug-likeness (QED) is 0.545. The Balaban J connectivity index is 2.04. The number of carboxylic acid groups (broad SMARTS) is 1. The standard InChI is InChI=1S/C16H18N4O5/c21-15(12-19-11-14(9-17-19)20(24)25)18(8-4-7-16(22)23)10-13-5-2-1-3-6-13/h1-3,5-6,9,11H,4,7-8,10,12H2,(H,22,23). The molecule has 0 spiro atoms. The van der Waals surface area contributed by atoms with E-state index in [0.29, 0.717) is 13.0 Å². The maximum Gasteiger partial charge on any atom is 0.307 e. The maximum atomic E-state index is 12.5. The van der Waals surface area contributed by atoms with Crippen molar-refractivity contribution in [2.45, 2.75) is 25.9 Å². The fourth-order valence-corrected chi connectivity index (χ4v) is 2.29. The Bertz CT molecular complexity index is 744. The highest BCUT2D eigenvalue weighted by atomic mass is 16.6. The number of carbonyl (C=O) groups is 2. The molecule has 9 heteroatoms. The van der Waals surface area contributed by atoms with Crippen molar-refractivity contribution in [1.82, 2.24) is 14.7 Å². The molecule has 1 heterocycles. The van der Waals surface area contributed by atoms with Crippen molar-refractivity contribution in [3.8, 4) is 0 Å². The predicted octanol–water partition coefficient (Wildman–Crippen LogP) is 1.68. The Labute approximate surface area is 143 Å². The lowest BCUT2D eigenvalue weighted by Gasteiger charge is -2.22. The van der Waals surface area contributed by atoms with Crippen molar-refractivity contribution in [1.29, 1.82) is 0 Å². The fourth-order valence-electron chi connectivity index (χ4n) is 2.29. The van der Waals surface area contributed by atoms with Crippen LogP contribution < -0.4 is 0 Å². The fraction of sp³-hybridized carbons (Fsp3) is 0.312. The number of rotatable bonds is 9. The van der Waals surface area contributed by atoms with Gasteiger partial charge < -0.3 is 10.0 Å². The van der Waals surface area contributed by atoms with Gasteiger partial charge in [-0.05, 0) is 12.0 Å². The molecule has 1 aromatic heterocycles. The van der Waals surface area contributed by atoms with E-state index in [2.05, 4.69) is 5.10 Å². The van der Waals surface area contributed by atoms with E-state index in [1.165, 1.54) is 15.8 Å². The van der Waals surface area contributed by atoms with Gasteiger partial charge in [-0.15, -0.1) is 0 Å². The molecule has 9 nitrogen and oxygen atoms in total. The molecule has 0 bridgehead atoms. The van der Waals surface area contributed by atoms with Gasteiger partial charge in [-0.2, -0.15) is 5.10 Å². The molecule has 25 heavy (non-hydrogen) atoms. The molecule has 1 N–H and O–H groups in total. The molecule has 0 radical (unpaired) electrons. The molecule has 0 saturated carbocycles. The van der Waals surface area contributed by atoms with Crippen LogP contribution in [-0.4, -0.2) is 43.1 Å². The minimum absolute atomic E-state index is 0.0359. The molecule has 0 unspecified atom stereocenters. The van der Waals surface area contributed by atoms with Gasteiger partial charge in [0, 0.05) is 19.5 Å². The van der Waals surface area contributed by atoms with Crippen LogP contribution in [0.4, 0.5) is 5.69 Å². The van der Waals surface area contributed by atoms with Crippen molar-refractivity contribution in [2.75, 3.05) is 6.54 Å². The van der Waals surface area contributed by atoms with E-state index in [0.717, 1.165) is 11.8 Å². The normalized spacial score (nSPS) is 10.4. The molecule has 0 saturated heterocycles. The summed E-state index contributed by atoms with van der Waals surface area (Å²) in [7, 11) is 0. The van der Waals surface area contributed by atoms with Crippen LogP contribution in [0.15, 0.2) is 42.7 Å². The number of aliphatic carboxylic acids is 1. The highest BCUT2D eigenvalue weighted by Gasteiger charge is 2.17. The SMILES string of the molecule is O=C(O)CCCN(Cc1ccccc1)C(=O)Cn1cc([N+](=O)[O-])cn1. The van der Waals surface area contributed by atoms with Crippen LogP contribution in [0, 0.1) is 10.1 Å². The van der Waals surface area contributed by atoms with Gasteiger partial charge in [-0.25, -0.2) is 0 Å². The minimum atomic E-state index is -0.921. The number of hydrogen-bond donors (Lipinski definition) is 1. The predicted molar refractivity (Wildman–Crippen MR) is 87.6 cm³/mol. The molecule has 0 aliphatic rings. The van der Waals surface area contributed by atoms with Gasteiger partial charge in [0.25, 0.3) is 0 Å². The van der Waals surface area contributed by atoms with Crippen molar-refractivity contribution < 1.29 is 19.6 Å². The van der Waals surface area contributed by atoms with Gasteiger partial charge in [0.05, 0.1) is 4.92 Å². The lowest BCUT2D eigenvalue weighted by molar-refractivity contribution is -0.385. The van der Waals surface area contributed by atoms with Gasteiger partial charge in [0.1, 0.15) is 18.9 Å². The number of aromatic nitrogens is 2. The molecule has 0 aliphatic heterocycles. The largest absolute Gasteiger partial charge is 0.481 e. The zero-order valence-electron chi connectivity index (χ0n) is 13.4. The molecule has 0 fully saturated rings. The summed E-state index contributed by atoms with van der Waals surface area (Å²) in [5.41, 5.74) is 0.728. The van der Waals surface area contributed by atoms with Crippen molar-refractivity contribution in [3.05, 3.63) is 58.4 Å². The van der Waals surface area contributed by atoms with Crippen molar-refractivity contribution >= 4 is 17.6 Å². The summed E-state index contributed by atoms with van der Waals surface area (Å²) in [4.78, 5) is 34.8. The summed E-state index contributed by atoms with van der Waals surface area (Å²) >= 11 is 0. The lowest BCUT2D eigenvalue weighted by atomic mass is 10.2. The van der Waals surface area contributed by atoms with E-state index < -0.39 is 10.9 Å². The Morgan fingerprint density at radius 3 is 2.60 bits per heavy atom. The number of nitrogens with zero attached hydrogens (tertiary/aromatic N) is 4. The van der Waals surface area contributed by atoms with E-state index in [9.17, 15) is 19.7 Å². The number of amides is 1. The van der Waals surface area contributed by atoms with Crippen LogP contribution in [0.5, 0.6) is 0 Å². The van der Waals surface area contributed by atoms with Gasteiger partial charge in [-0.1, -0.05) is 30.3 Å². The molecule has 1 aromatic carbocycles.